The minimum Gasteiger partial charge on any atom is -0.371 e. The van der Waals surface area contributed by atoms with Crippen LogP contribution in [0.4, 0.5) is 5.69 Å². The van der Waals surface area contributed by atoms with Crippen LogP contribution in [-0.4, -0.2) is 17.2 Å². The molecule has 0 atom stereocenters. The minimum absolute atomic E-state index is 0.705. The van der Waals surface area contributed by atoms with E-state index in [2.05, 4.69) is 44.4 Å². The van der Waals surface area contributed by atoms with Gasteiger partial charge in [-0.05, 0) is 57.1 Å². The smallest absolute Gasteiger partial charge is 0.0710 e. The number of hydrogen-bond donors (Lipinski definition) is 0. The number of fused-ring (bicyclic) bond motifs is 1. The van der Waals surface area contributed by atoms with E-state index in [9.17, 15) is 0 Å². The van der Waals surface area contributed by atoms with Crippen LogP contribution in [0, 0.1) is 12.8 Å². The predicted molar refractivity (Wildman–Crippen MR) is 94.8 cm³/mol. The van der Waals surface area contributed by atoms with E-state index in [1.165, 1.54) is 53.8 Å². The van der Waals surface area contributed by atoms with Crippen LogP contribution in [0.3, 0.4) is 0 Å². The Hall–Kier alpha value is -1.57. The average Bonchev–Trinajstić information content (AvgIpc) is 3.04. The van der Waals surface area contributed by atoms with E-state index < -0.39 is 0 Å². The first-order chi connectivity index (χ1) is 10.6. The lowest BCUT2D eigenvalue weighted by atomic mass is 9.94. The first-order valence-corrected chi connectivity index (χ1v) is 8.63. The van der Waals surface area contributed by atoms with Crippen LogP contribution >= 0.6 is 0 Å². The van der Waals surface area contributed by atoms with Crippen molar-refractivity contribution < 1.29 is 0 Å². The third-order valence-electron chi connectivity index (χ3n) is 5.36. The van der Waals surface area contributed by atoms with Crippen molar-refractivity contribution in [1.29, 1.82) is 0 Å². The van der Waals surface area contributed by atoms with Crippen LogP contribution in [0.5, 0.6) is 0 Å². The van der Waals surface area contributed by atoms with E-state index in [1.54, 1.807) is 0 Å². The Morgan fingerprint density at radius 3 is 2.64 bits per heavy atom. The number of hydrogen-bond acceptors (Lipinski definition) is 2. The molecule has 1 aliphatic carbocycles. The summed E-state index contributed by atoms with van der Waals surface area (Å²) in [7, 11) is 0. The van der Waals surface area contributed by atoms with Gasteiger partial charge in [-0.25, -0.2) is 0 Å². The van der Waals surface area contributed by atoms with Crippen LogP contribution in [0.1, 0.15) is 56.2 Å². The van der Waals surface area contributed by atoms with Crippen molar-refractivity contribution in [3.8, 4) is 0 Å². The predicted octanol–water partition coefficient (Wildman–Crippen LogP) is 5.17. The van der Waals surface area contributed by atoms with Crippen LogP contribution in [0.2, 0.25) is 0 Å². The fourth-order valence-electron chi connectivity index (χ4n) is 3.82. The maximum atomic E-state index is 5.11. The van der Waals surface area contributed by atoms with Crippen molar-refractivity contribution in [3.63, 3.8) is 0 Å². The number of rotatable bonds is 3. The van der Waals surface area contributed by atoms with Gasteiger partial charge in [-0.2, -0.15) is 0 Å². The maximum Gasteiger partial charge on any atom is 0.0710 e. The quantitative estimate of drug-likeness (QED) is 0.703. The second-order valence-electron chi connectivity index (χ2n) is 7.01. The summed E-state index contributed by atoms with van der Waals surface area (Å²) >= 11 is 0. The SMILES string of the molecule is C=C(C)N1CCc2ccc(C)c(N=C(C)C3CCCC3)c2C1. The standard InChI is InChI=1S/C20H28N2/c1-14(2)22-12-11-18-10-9-15(3)20(19(18)13-22)21-16(4)17-7-5-6-8-17/h9-10,17H,1,5-8,11-13H2,2-4H3. The summed E-state index contributed by atoms with van der Waals surface area (Å²) in [5.41, 5.74) is 7.93. The largest absolute Gasteiger partial charge is 0.371 e. The number of allylic oxidation sites excluding steroid dienone is 1. The Morgan fingerprint density at radius 2 is 1.95 bits per heavy atom. The highest BCUT2D eigenvalue weighted by atomic mass is 15.1. The van der Waals surface area contributed by atoms with E-state index in [-0.39, 0.29) is 0 Å². The van der Waals surface area contributed by atoms with Gasteiger partial charge in [-0.3, -0.25) is 4.99 Å². The molecule has 0 amide bonds. The topological polar surface area (TPSA) is 15.6 Å². The lowest BCUT2D eigenvalue weighted by Gasteiger charge is -2.32. The van der Waals surface area contributed by atoms with Gasteiger partial charge in [0.2, 0.25) is 0 Å². The molecule has 0 saturated heterocycles. The van der Waals surface area contributed by atoms with E-state index in [1.807, 2.05) is 0 Å². The molecule has 2 heteroatoms. The Balaban J connectivity index is 1.97. The highest BCUT2D eigenvalue weighted by Crippen LogP contribution is 2.34. The number of nitrogens with zero attached hydrogens (tertiary/aromatic N) is 2. The van der Waals surface area contributed by atoms with Gasteiger partial charge in [0.15, 0.2) is 0 Å². The molecule has 0 unspecified atom stereocenters. The second-order valence-corrected chi connectivity index (χ2v) is 7.01. The fraction of sp³-hybridized carbons (Fsp3) is 0.550. The Bertz CT molecular complexity index is 606. The van der Waals surface area contributed by atoms with Crippen molar-refractivity contribution in [3.05, 3.63) is 41.1 Å². The second kappa shape index (κ2) is 6.28. The van der Waals surface area contributed by atoms with E-state index in [0.29, 0.717) is 5.92 Å². The summed E-state index contributed by atoms with van der Waals surface area (Å²) in [5, 5.41) is 0. The molecule has 1 heterocycles. The molecule has 2 aliphatic rings. The first-order valence-electron chi connectivity index (χ1n) is 8.63. The molecule has 1 aromatic rings. The lowest BCUT2D eigenvalue weighted by Crippen LogP contribution is -2.28. The minimum atomic E-state index is 0.705. The molecule has 0 N–H and O–H groups in total. The molecule has 118 valence electrons. The summed E-state index contributed by atoms with van der Waals surface area (Å²) in [6, 6.07) is 4.54. The first kappa shape index (κ1) is 15.3. The lowest BCUT2D eigenvalue weighted by molar-refractivity contribution is 0.325. The van der Waals surface area contributed by atoms with Crippen LogP contribution in [0.15, 0.2) is 29.4 Å². The van der Waals surface area contributed by atoms with E-state index >= 15 is 0 Å². The number of aryl methyl sites for hydroxylation is 1. The molecule has 22 heavy (non-hydrogen) atoms. The van der Waals surface area contributed by atoms with Crippen molar-refractivity contribution in [2.24, 2.45) is 10.9 Å². The monoisotopic (exact) mass is 296 g/mol. The zero-order chi connectivity index (χ0) is 15.7. The van der Waals surface area contributed by atoms with Crippen molar-refractivity contribution >= 4 is 11.4 Å². The van der Waals surface area contributed by atoms with Crippen LogP contribution < -0.4 is 0 Å². The van der Waals surface area contributed by atoms with E-state index in [4.69, 9.17) is 4.99 Å². The van der Waals surface area contributed by atoms with Gasteiger partial charge in [0.05, 0.1) is 5.69 Å². The third-order valence-corrected chi connectivity index (χ3v) is 5.36. The van der Waals surface area contributed by atoms with Gasteiger partial charge in [0, 0.05) is 30.1 Å². The molecule has 1 aliphatic heterocycles. The number of benzene rings is 1. The molecule has 0 aromatic heterocycles. The van der Waals surface area contributed by atoms with Gasteiger partial charge < -0.3 is 4.90 Å². The van der Waals surface area contributed by atoms with Gasteiger partial charge in [-0.15, -0.1) is 0 Å². The molecule has 1 fully saturated rings. The molecule has 3 rings (SSSR count). The van der Waals surface area contributed by atoms with Gasteiger partial charge in [0.1, 0.15) is 0 Å². The van der Waals surface area contributed by atoms with Gasteiger partial charge >= 0.3 is 0 Å². The van der Waals surface area contributed by atoms with Crippen molar-refractivity contribution in [1.82, 2.24) is 4.90 Å². The summed E-state index contributed by atoms with van der Waals surface area (Å²) < 4.78 is 0. The molecule has 1 saturated carbocycles. The molecule has 2 nitrogen and oxygen atoms in total. The van der Waals surface area contributed by atoms with Crippen molar-refractivity contribution in [2.75, 3.05) is 6.54 Å². The Kier molecular flexibility index (Phi) is 4.37. The molecule has 1 aromatic carbocycles. The highest BCUT2D eigenvalue weighted by molar-refractivity contribution is 5.88. The van der Waals surface area contributed by atoms with Crippen LogP contribution in [-0.2, 0) is 13.0 Å². The molecule has 0 radical (unpaired) electrons. The van der Waals surface area contributed by atoms with Gasteiger partial charge in [-0.1, -0.05) is 31.6 Å². The summed E-state index contributed by atoms with van der Waals surface area (Å²) in [6.07, 6.45) is 6.48. The highest BCUT2D eigenvalue weighted by Gasteiger charge is 2.22. The zero-order valence-corrected chi connectivity index (χ0v) is 14.3. The zero-order valence-electron chi connectivity index (χ0n) is 14.3. The summed E-state index contributed by atoms with van der Waals surface area (Å²) in [5.74, 6) is 0.705. The normalized spacial score (nSPS) is 19.4. The molecular weight excluding hydrogens is 268 g/mol. The molecule has 0 bridgehead atoms. The number of aliphatic imine (C=N–C) groups is 1. The Labute approximate surface area is 134 Å². The third kappa shape index (κ3) is 2.97. The van der Waals surface area contributed by atoms with Gasteiger partial charge in [0.25, 0.3) is 0 Å². The average molecular weight is 296 g/mol. The van der Waals surface area contributed by atoms with Crippen molar-refractivity contribution in [2.45, 2.75) is 59.4 Å². The molecule has 0 spiro atoms. The Morgan fingerprint density at radius 1 is 1.23 bits per heavy atom. The molecular formula is C20H28N2. The summed E-state index contributed by atoms with van der Waals surface area (Å²) in [4.78, 5) is 7.49. The maximum absolute atomic E-state index is 5.11. The fourth-order valence-corrected chi connectivity index (χ4v) is 3.82. The van der Waals surface area contributed by atoms with E-state index in [0.717, 1.165) is 25.2 Å². The summed E-state index contributed by atoms with van der Waals surface area (Å²) in [6.45, 7) is 12.7. The van der Waals surface area contributed by atoms with Crippen LogP contribution in [0.25, 0.3) is 0 Å².